The van der Waals surface area contributed by atoms with Crippen LogP contribution in [0.4, 0.5) is 15.8 Å². The molecule has 2 rings (SSSR count). The zero-order valence-corrected chi connectivity index (χ0v) is 12.8. The van der Waals surface area contributed by atoms with Gasteiger partial charge < -0.3 is 15.4 Å². The minimum absolute atomic E-state index is 0.182. The van der Waals surface area contributed by atoms with Gasteiger partial charge in [-0.05, 0) is 36.4 Å². The van der Waals surface area contributed by atoms with Gasteiger partial charge in [-0.25, -0.2) is 4.39 Å². The third-order valence-corrected chi connectivity index (χ3v) is 3.16. The van der Waals surface area contributed by atoms with E-state index in [9.17, 15) is 9.18 Å². The summed E-state index contributed by atoms with van der Waals surface area (Å²) in [6.45, 7) is 1.60. The van der Waals surface area contributed by atoms with E-state index >= 15 is 0 Å². The highest BCUT2D eigenvalue weighted by molar-refractivity contribution is 5.89. The standard InChI is InChI=1S/C17H16FN3O2/c1-11(22)21-14-4-6-17(23-2)16(8-14)20-10-13-7-12(9-19)3-5-15(13)18/h3-8,20H,10H2,1-2H3,(H,21,22). The van der Waals surface area contributed by atoms with Crippen LogP contribution in [0.25, 0.3) is 0 Å². The number of benzene rings is 2. The first-order valence-electron chi connectivity index (χ1n) is 6.91. The molecule has 2 aromatic carbocycles. The monoisotopic (exact) mass is 313 g/mol. The largest absolute Gasteiger partial charge is 0.495 e. The molecule has 2 N–H and O–H groups in total. The Kier molecular flexibility index (Phi) is 5.15. The Morgan fingerprint density at radius 3 is 2.74 bits per heavy atom. The minimum atomic E-state index is -0.395. The third kappa shape index (κ3) is 4.20. The van der Waals surface area contributed by atoms with Crippen LogP contribution in [0.15, 0.2) is 36.4 Å². The Labute approximate surface area is 133 Å². The zero-order chi connectivity index (χ0) is 16.8. The highest BCUT2D eigenvalue weighted by Gasteiger charge is 2.08. The summed E-state index contributed by atoms with van der Waals surface area (Å²) in [7, 11) is 1.52. The number of nitrogens with zero attached hydrogens (tertiary/aromatic N) is 1. The maximum atomic E-state index is 13.8. The summed E-state index contributed by atoms with van der Waals surface area (Å²) in [4.78, 5) is 11.1. The molecule has 0 saturated carbocycles. The van der Waals surface area contributed by atoms with E-state index in [0.29, 0.717) is 28.3 Å². The maximum absolute atomic E-state index is 13.8. The second-order valence-corrected chi connectivity index (χ2v) is 4.87. The smallest absolute Gasteiger partial charge is 0.221 e. The number of rotatable bonds is 5. The number of amides is 1. The molecule has 5 nitrogen and oxygen atoms in total. The molecule has 0 bridgehead atoms. The van der Waals surface area contributed by atoms with E-state index in [1.165, 1.54) is 32.2 Å². The summed E-state index contributed by atoms with van der Waals surface area (Å²) in [5.41, 5.74) is 1.98. The molecule has 0 aliphatic heterocycles. The quantitative estimate of drug-likeness (QED) is 0.888. The average Bonchev–Trinajstić information content (AvgIpc) is 2.53. The number of nitrogens with one attached hydrogen (secondary N) is 2. The van der Waals surface area contributed by atoms with Crippen molar-refractivity contribution in [2.24, 2.45) is 0 Å². The molecule has 0 radical (unpaired) electrons. The van der Waals surface area contributed by atoms with Gasteiger partial charge in [-0.3, -0.25) is 4.79 Å². The van der Waals surface area contributed by atoms with E-state index < -0.39 is 5.82 Å². The molecule has 0 aliphatic rings. The number of ether oxygens (including phenoxy) is 1. The van der Waals surface area contributed by atoms with Crippen LogP contribution >= 0.6 is 0 Å². The molecule has 0 heterocycles. The first kappa shape index (κ1) is 16.3. The Balaban J connectivity index is 2.22. The third-order valence-electron chi connectivity index (χ3n) is 3.16. The molecule has 0 unspecified atom stereocenters. The fourth-order valence-electron chi connectivity index (χ4n) is 2.10. The predicted molar refractivity (Wildman–Crippen MR) is 85.7 cm³/mol. The maximum Gasteiger partial charge on any atom is 0.221 e. The van der Waals surface area contributed by atoms with Gasteiger partial charge in [0.25, 0.3) is 0 Å². The molecule has 1 amide bonds. The van der Waals surface area contributed by atoms with Crippen molar-refractivity contribution in [3.8, 4) is 11.8 Å². The van der Waals surface area contributed by atoms with Crippen LogP contribution in [0.5, 0.6) is 5.75 Å². The molecule has 6 heteroatoms. The second kappa shape index (κ2) is 7.27. The Bertz CT molecular complexity index is 769. The lowest BCUT2D eigenvalue weighted by molar-refractivity contribution is -0.114. The van der Waals surface area contributed by atoms with Crippen LogP contribution in [0, 0.1) is 17.1 Å². The molecule has 0 fully saturated rings. The normalized spacial score (nSPS) is 9.83. The molecule has 2 aromatic rings. The predicted octanol–water partition coefficient (Wildman–Crippen LogP) is 3.28. The molecule has 118 valence electrons. The molecular formula is C17H16FN3O2. The zero-order valence-electron chi connectivity index (χ0n) is 12.8. The van der Waals surface area contributed by atoms with Gasteiger partial charge in [0.1, 0.15) is 11.6 Å². The molecule has 0 aliphatic carbocycles. The van der Waals surface area contributed by atoms with Crippen LogP contribution < -0.4 is 15.4 Å². The summed E-state index contributed by atoms with van der Waals surface area (Å²) < 4.78 is 19.1. The van der Waals surface area contributed by atoms with E-state index in [1.807, 2.05) is 6.07 Å². The van der Waals surface area contributed by atoms with E-state index in [-0.39, 0.29) is 12.5 Å². The lowest BCUT2D eigenvalue weighted by Crippen LogP contribution is -2.08. The highest BCUT2D eigenvalue weighted by atomic mass is 19.1. The fraction of sp³-hybridized carbons (Fsp3) is 0.176. The SMILES string of the molecule is COc1ccc(NC(C)=O)cc1NCc1cc(C#N)ccc1F. The van der Waals surface area contributed by atoms with Crippen molar-refractivity contribution in [3.63, 3.8) is 0 Å². The van der Waals surface area contributed by atoms with Crippen LogP contribution in [0.3, 0.4) is 0 Å². The number of carbonyl (C=O) groups excluding carboxylic acids is 1. The van der Waals surface area contributed by atoms with Crippen molar-refractivity contribution in [1.29, 1.82) is 5.26 Å². The van der Waals surface area contributed by atoms with Gasteiger partial charge in [0.15, 0.2) is 0 Å². The Morgan fingerprint density at radius 2 is 2.09 bits per heavy atom. The number of hydrogen-bond acceptors (Lipinski definition) is 4. The van der Waals surface area contributed by atoms with E-state index in [4.69, 9.17) is 10.00 Å². The first-order chi connectivity index (χ1) is 11.0. The van der Waals surface area contributed by atoms with Crippen molar-refractivity contribution in [2.45, 2.75) is 13.5 Å². The fourth-order valence-corrected chi connectivity index (χ4v) is 2.10. The molecule has 0 aromatic heterocycles. The van der Waals surface area contributed by atoms with Crippen LogP contribution in [-0.4, -0.2) is 13.0 Å². The number of carbonyl (C=O) groups is 1. The van der Waals surface area contributed by atoms with E-state index in [1.54, 1.807) is 18.2 Å². The van der Waals surface area contributed by atoms with E-state index in [2.05, 4.69) is 10.6 Å². The van der Waals surface area contributed by atoms with Gasteiger partial charge in [0, 0.05) is 24.7 Å². The van der Waals surface area contributed by atoms with Gasteiger partial charge in [-0.2, -0.15) is 5.26 Å². The molecular weight excluding hydrogens is 297 g/mol. The summed E-state index contributed by atoms with van der Waals surface area (Å²) in [6, 6.07) is 11.3. The van der Waals surface area contributed by atoms with Gasteiger partial charge in [0.05, 0.1) is 24.4 Å². The number of anilines is 2. The summed E-state index contributed by atoms with van der Waals surface area (Å²) in [5.74, 6) is -0.0155. The minimum Gasteiger partial charge on any atom is -0.495 e. The van der Waals surface area contributed by atoms with Gasteiger partial charge >= 0.3 is 0 Å². The van der Waals surface area contributed by atoms with Crippen molar-refractivity contribution in [2.75, 3.05) is 17.7 Å². The van der Waals surface area contributed by atoms with Crippen molar-refractivity contribution in [3.05, 3.63) is 53.3 Å². The molecule has 0 atom stereocenters. The van der Waals surface area contributed by atoms with Crippen molar-refractivity contribution < 1.29 is 13.9 Å². The first-order valence-corrected chi connectivity index (χ1v) is 6.91. The van der Waals surface area contributed by atoms with Crippen LogP contribution in [0.1, 0.15) is 18.1 Å². The molecule has 23 heavy (non-hydrogen) atoms. The van der Waals surface area contributed by atoms with Crippen molar-refractivity contribution >= 4 is 17.3 Å². The van der Waals surface area contributed by atoms with Crippen molar-refractivity contribution in [1.82, 2.24) is 0 Å². The van der Waals surface area contributed by atoms with Gasteiger partial charge in [-0.15, -0.1) is 0 Å². The summed E-state index contributed by atoms with van der Waals surface area (Å²) in [5, 5.41) is 14.6. The summed E-state index contributed by atoms with van der Waals surface area (Å²) in [6.07, 6.45) is 0. The average molecular weight is 313 g/mol. The van der Waals surface area contributed by atoms with Crippen LogP contribution in [-0.2, 0) is 11.3 Å². The molecule has 0 spiro atoms. The van der Waals surface area contributed by atoms with Gasteiger partial charge in [0.2, 0.25) is 5.91 Å². The Hall–Kier alpha value is -3.07. The number of nitriles is 1. The van der Waals surface area contributed by atoms with Gasteiger partial charge in [-0.1, -0.05) is 0 Å². The highest BCUT2D eigenvalue weighted by Crippen LogP contribution is 2.28. The Morgan fingerprint density at radius 1 is 1.30 bits per heavy atom. The molecule has 0 saturated heterocycles. The lowest BCUT2D eigenvalue weighted by Gasteiger charge is -2.13. The lowest BCUT2D eigenvalue weighted by atomic mass is 10.1. The number of halogens is 1. The van der Waals surface area contributed by atoms with Crippen LogP contribution in [0.2, 0.25) is 0 Å². The number of methoxy groups -OCH3 is 1. The number of hydrogen-bond donors (Lipinski definition) is 2. The topological polar surface area (TPSA) is 74.2 Å². The van der Waals surface area contributed by atoms with E-state index in [0.717, 1.165) is 0 Å². The summed E-state index contributed by atoms with van der Waals surface area (Å²) >= 11 is 0. The second-order valence-electron chi connectivity index (χ2n) is 4.87.